The third-order valence-corrected chi connectivity index (χ3v) is 9.90. The molecule has 2 aromatic carbocycles. The zero-order chi connectivity index (χ0) is 30.8. The number of benzene rings is 2. The van der Waals surface area contributed by atoms with Crippen molar-refractivity contribution in [2.45, 2.75) is 38.4 Å². The molecule has 0 spiro atoms. The topological polar surface area (TPSA) is 127 Å². The summed E-state index contributed by atoms with van der Waals surface area (Å²) in [6.07, 6.45) is 0.0515. The molecule has 1 aliphatic heterocycles. The number of hydrogen-bond acceptors (Lipinski definition) is 6. The Bertz CT molecular complexity index is 2090. The summed E-state index contributed by atoms with van der Waals surface area (Å²) >= 11 is 1.97. The average molecular weight is 725 g/mol. The van der Waals surface area contributed by atoms with Crippen molar-refractivity contribution in [1.82, 2.24) is 18.0 Å². The van der Waals surface area contributed by atoms with Gasteiger partial charge in [-0.1, -0.05) is 6.07 Å². The molecule has 4 aromatic rings. The van der Waals surface area contributed by atoms with Crippen LogP contribution in [0.5, 0.6) is 0 Å². The first-order valence-corrected chi connectivity index (χ1v) is 16.0. The molecule has 43 heavy (non-hydrogen) atoms. The number of hydrogen-bond donors (Lipinski definition) is 2. The Morgan fingerprint density at radius 2 is 1.77 bits per heavy atom. The van der Waals surface area contributed by atoms with E-state index in [1.807, 2.05) is 22.6 Å². The van der Waals surface area contributed by atoms with Gasteiger partial charge in [-0.25, -0.2) is 13.6 Å². The van der Waals surface area contributed by atoms with Crippen molar-refractivity contribution < 1.29 is 17.2 Å². The van der Waals surface area contributed by atoms with Gasteiger partial charge in [0.15, 0.2) is 0 Å². The summed E-state index contributed by atoms with van der Waals surface area (Å²) in [6.45, 7) is 1.26. The lowest BCUT2D eigenvalue weighted by Crippen LogP contribution is -2.41. The molecule has 3 heterocycles. The monoisotopic (exact) mass is 724 g/mol. The first kappa shape index (κ1) is 29.5. The number of aromatic nitrogens is 3. The van der Waals surface area contributed by atoms with Crippen LogP contribution in [0.3, 0.4) is 0 Å². The number of rotatable bonds is 7. The molecule has 11 nitrogen and oxygen atoms in total. The largest absolute Gasteiger partial charge is 0.338 e. The second-order valence-corrected chi connectivity index (χ2v) is 13.7. The number of nitrogens with zero attached hydrogens (tertiary/aromatic N) is 4. The Kier molecular flexibility index (Phi) is 7.45. The predicted molar refractivity (Wildman–Crippen MR) is 168 cm³/mol. The molecular weight excluding hydrogens is 697 g/mol. The zero-order valence-electron chi connectivity index (χ0n) is 23.1. The quantitative estimate of drug-likeness (QED) is 0.280. The fraction of sp³-hybridized carbons (Fsp3) is 0.321. The van der Waals surface area contributed by atoms with E-state index in [1.165, 1.54) is 53.4 Å². The van der Waals surface area contributed by atoms with Crippen LogP contribution in [0.2, 0.25) is 0 Å². The Hall–Kier alpha value is -3.57. The van der Waals surface area contributed by atoms with E-state index in [9.17, 15) is 31.6 Å². The Labute approximate surface area is 258 Å². The molecule has 0 bridgehead atoms. The molecule has 1 saturated carbocycles. The summed E-state index contributed by atoms with van der Waals surface area (Å²) in [5, 5.41) is 2.91. The Balaban J connectivity index is 1.59. The number of anilines is 3. The van der Waals surface area contributed by atoms with Crippen LogP contribution in [0.15, 0.2) is 56.8 Å². The van der Waals surface area contributed by atoms with Gasteiger partial charge in [0.2, 0.25) is 0 Å². The van der Waals surface area contributed by atoms with Crippen molar-refractivity contribution in [2.75, 3.05) is 23.1 Å². The van der Waals surface area contributed by atoms with Crippen molar-refractivity contribution in [1.29, 1.82) is 0 Å². The lowest BCUT2D eigenvalue weighted by molar-refractivity contribution is 0.343. The van der Waals surface area contributed by atoms with Gasteiger partial charge in [0.1, 0.15) is 23.2 Å². The first-order chi connectivity index (χ1) is 20.4. The highest BCUT2D eigenvalue weighted by Crippen LogP contribution is 2.34. The molecule has 0 amide bonds. The maximum Gasteiger partial charge on any atom is 0.336 e. The van der Waals surface area contributed by atoms with E-state index >= 15 is 0 Å². The molecule has 2 N–H and O–H groups in total. The third kappa shape index (κ3) is 5.26. The summed E-state index contributed by atoms with van der Waals surface area (Å²) in [4.78, 5) is 41.4. The SMILES string of the molecule is Cc1c(=O)n(C)c(Nc2ccc(I)cc2F)c2c(=O)n(C3CC3)c(=O)n(-c3cccc(NS(=O)(=O)N4CC[C@H](F)C4)c3)c12. The van der Waals surface area contributed by atoms with Crippen LogP contribution in [0, 0.1) is 16.3 Å². The second kappa shape index (κ2) is 10.9. The molecule has 0 radical (unpaired) electrons. The van der Waals surface area contributed by atoms with E-state index in [2.05, 4.69) is 10.0 Å². The summed E-state index contributed by atoms with van der Waals surface area (Å²) in [7, 11) is -2.63. The highest BCUT2D eigenvalue weighted by atomic mass is 127. The van der Waals surface area contributed by atoms with Gasteiger partial charge in [-0.2, -0.15) is 12.7 Å². The van der Waals surface area contributed by atoms with Gasteiger partial charge in [0.05, 0.1) is 22.6 Å². The van der Waals surface area contributed by atoms with Gasteiger partial charge in [-0.15, -0.1) is 0 Å². The molecular formula is C28H27F2IN6O5S. The summed E-state index contributed by atoms with van der Waals surface area (Å²) < 4.78 is 62.1. The molecule has 2 aliphatic rings. The van der Waals surface area contributed by atoms with E-state index in [0.717, 1.165) is 8.87 Å². The van der Waals surface area contributed by atoms with Gasteiger partial charge in [-0.05, 0) is 85.2 Å². The Morgan fingerprint density at radius 3 is 2.42 bits per heavy atom. The van der Waals surface area contributed by atoms with Crippen LogP contribution in [-0.2, 0) is 17.3 Å². The Morgan fingerprint density at radius 1 is 1.02 bits per heavy atom. The van der Waals surface area contributed by atoms with E-state index in [1.54, 1.807) is 12.1 Å². The van der Waals surface area contributed by atoms with Crippen molar-refractivity contribution in [3.8, 4) is 5.69 Å². The standard InChI is InChI=1S/C28H27F2IN6O5S/c1-15-24-23(25(34(2)26(15)38)32-22-9-6-17(31)12-21(22)30)27(39)37(19-7-8-19)28(40)36(24)20-5-3-4-18(13-20)33-43(41,42)35-11-10-16(29)14-35/h3-6,9,12-13,16,19,32-33H,7-8,10-11,14H2,1-2H3/t16-/m0/s1. The minimum atomic E-state index is -4.08. The minimum Gasteiger partial charge on any atom is -0.338 e. The van der Waals surface area contributed by atoms with E-state index in [4.69, 9.17) is 0 Å². The predicted octanol–water partition coefficient (Wildman–Crippen LogP) is 3.68. The number of pyridine rings is 1. The maximum absolute atomic E-state index is 14.9. The molecule has 1 aliphatic carbocycles. The molecule has 6 rings (SSSR count). The van der Waals surface area contributed by atoms with Gasteiger partial charge < -0.3 is 5.32 Å². The van der Waals surface area contributed by atoms with Gasteiger partial charge in [0, 0.05) is 35.3 Å². The number of fused-ring (bicyclic) bond motifs is 1. The van der Waals surface area contributed by atoms with E-state index < -0.39 is 39.0 Å². The number of aryl methyl sites for hydroxylation is 1. The van der Waals surface area contributed by atoms with E-state index in [-0.39, 0.29) is 64.9 Å². The molecule has 1 atom stereocenters. The van der Waals surface area contributed by atoms with Crippen LogP contribution in [0.1, 0.15) is 30.9 Å². The molecule has 2 aromatic heterocycles. The fourth-order valence-electron chi connectivity index (χ4n) is 5.40. The number of halogens is 3. The fourth-order valence-corrected chi connectivity index (χ4v) is 7.11. The normalized spacial score (nSPS) is 17.5. The highest BCUT2D eigenvalue weighted by Gasteiger charge is 2.33. The van der Waals surface area contributed by atoms with Crippen molar-refractivity contribution >= 4 is 60.9 Å². The van der Waals surface area contributed by atoms with Crippen LogP contribution in [0.25, 0.3) is 16.6 Å². The number of nitrogens with one attached hydrogen (secondary N) is 2. The van der Waals surface area contributed by atoms with Gasteiger partial charge in [-0.3, -0.25) is 28.0 Å². The van der Waals surface area contributed by atoms with Crippen molar-refractivity contribution in [3.05, 3.63) is 88.6 Å². The average Bonchev–Trinajstić information content (AvgIpc) is 3.68. The van der Waals surface area contributed by atoms with Crippen LogP contribution >= 0.6 is 22.6 Å². The third-order valence-electron chi connectivity index (χ3n) is 7.72. The van der Waals surface area contributed by atoms with Crippen LogP contribution in [0.4, 0.5) is 26.0 Å². The summed E-state index contributed by atoms with van der Waals surface area (Å²) in [5.74, 6) is -0.591. The van der Waals surface area contributed by atoms with Crippen LogP contribution in [-0.4, -0.2) is 45.7 Å². The molecule has 15 heteroatoms. The van der Waals surface area contributed by atoms with Crippen molar-refractivity contribution in [3.63, 3.8) is 0 Å². The summed E-state index contributed by atoms with van der Waals surface area (Å²) in [6, 6.07) is 10.1. The smallest absolute Gasteiger partial charge is 0.336 e. The maximum atomic E-state index is 14.9. The van der Waals surface area contributed by atoms with Gasteiger partial charge >= 0.3 is 15.9 Å². The lowest BCUT2D eigenvalue weighted by Gasteiger charge is -2.21. The lowest BCUT2D eigenvalue weighted by atomic mass is 10.1. The summed E-state index contributed by atoms with van der Waals surface area (Å²) in [5.41, 5.74) is -1.40. The molecule has 226 valence electrons. The second-order valence-electron chi connectivity index (χ2n) is 10.7. The molecule has 2 fully saturated rings. The minimum absolute atomic E-state index is 0.00101. The zero-order valence-corrected chi connectivity index (χ0v) is 26.1. The highest BCUT2D eigenvalue weighted by molar-refractivity contribution is 14.1. The molecule has 0 unspecified atom stereocenters. The first-order valence-electron chi connectivity index (χ1n) is 13.5. The van der Waals surface area contributed by atoms with E-state index in [0.29, 0.717) is 16.4 Å². The molecule has 1 saturated heterocycles. The van der Waals surface area contributed by atoms with Gasteiger partial charge in [0.25, 0.3) is 11.1 Å². The number of alkyl halides is 1. The van der Waals surface area contributed by atoms with Crippen LogP contribution < -0.4 is 26.8 Å². The van der Waals surface area contributed by atoms with Crippen molar-refractivity contribution in [2.24, 2.45) is 7.05 Å².